The SMILES string of the molecule is CC(C(=O)Cl)C12CC(c3ccccc31)c1ccccc12. The molecule has 2 bridgehead atoms. The molecule has 2 aromatic carbocycles. The van der Waals surface area contributed by atoms with E-state index in [0.29, 0.717) is 5.92 Å². The molecule has 0 saturated carbocycles. The molecule has 0 heterocycles. The van der Waals surface area contributed by atoms with Crippen LogP contribution in [0.25, 0.3) is 0 Å². The molecule has 1 nitrogen and oxygen atoms in total. The molecule has 2 heteroatoms. The van der Waals surface area contributed by atoms with Gasteiger partial charge in [-0.3, -0.25) is 4.79 Å². The van der Waals surface area contributed by atoms with Crippen molar-refractivity contribution in [2.45, 2.75) is 24.7 Å². The predicted molar refractivity (Wildman–Crippen MR) is 80.1 cm³/mol. The summed E-state index contributed by atoms with van der Waals surface area (Å²) in [6.07, 6.45) is 0.977. The van der Waals surface area contributed by atoms with Crippen LogP contribution in [0, 0.1) is 5.92 Å². The number of carbonyl (C=O) groups excluding carboxylic acids is 1. The lowest BCUT2D eigenvalue weighted by atomic mass is 9.68. The second-order valence-corrected chi connectivity index (χ2v) is 6.30. The van der Waals surface area contributed by atoms with Crippen molar-refractivity contribution in [1.29, 1.82) is 0 Å². The average molecular weight is 283 g/mol. The summed E-state index contributed by atoms with van der Waals surface area (Å²) < 4.78 is 0. The van der Waals surface area contributed by atoms with E-state index >= 15 is 0 Å². The average Bonchev–Trinajstić information content (AvgIpc) is 3.00. The molecule has 0 spiro atoms. The third-order valence-electron chi connectivity index (χ3n) is 5.24. The molecule has 1 unspecified atom stereocenters. The van der Waals surface area contributed by atoms with Crippen molar-refractivity contribution in [2.24, 2.45) is 5.92 Å². The van der Waals surface area contributed by atoms with Crippen molar-refractivity contribution in [3.63, 3.8) is 0 Å². The topological polar surface area (TPSA) is 17.1 Å². The minimum absolute atomic E-state index is 0.195. The van der Waals surface area contributed by atoms with E-state index in [1.807, 2.05) is 6.92 Å². The first-order chi connectivity index (χ1) is 9.66. The van der Waals surface area contributed by atoms with Gasteiger partial charge in [0.2, 0.25) is 5.24 Å². The van der Waals surface area contributed by atoms with Crippen LogP contribution < -0.4 is 0 Å². The van der Waals surface area contributed by atoms with Crippen LogP contribution in [0.2, 0.25) is 0 Å². The van der Waals surface area contributed by atoms with E-state index in [0.717, 1.165) is 6.42 Å². The summed E-state index contributed by atoms with van der Waals surface area (Å²) in [6.45, 7) is 1.97. The third kappa shape index (κ3) is 1.27. The Morgan fingerprint density at radius 1 is 1.10 bits per heavy atom. The number of fused-ring (bicyclic) bond motifs is 8. The van der Waals surface area contributed by atoms with Gasteiger partial charge >= 0.3 is 0 Å². The van der Waals surface area contributed by atoms with Crippen LogP contribution in [-0.2, 0) is 10.2 Å². The first-order valence-corrected chi connectivity index (χ1v) is 7.42. The maximum Gasteiger partial charge on any atom is 0.225 e. The fourth-order valence-corrected chi connectivity index (χ4v) is 4.51. The van der Waals surface area contributed by atoms with Crippen LogP contribution in [-0.4, -0.2) is 5.24 Å². The zero-order chi connectivity index (χ0) is 13.9. The van der Waals surface area contributed by atoms with Gasteiger partial charge in [0.05, 0.1) is 0 Å². The van der Waals surface area contributed by atoms with Gasteiger partial charge in [0, 0.05) is 17.3 Å². The largest absolute Gasteiger partial charge is 0.281 e. The van der Waals surface area contributed by atoms with Crippen molar-refractivity contribution >= 4 is 16.8 Å². The highest BCUT2D eigenvalue weighted by Crippen LogP contribution is 2.63. The predicted octanol–water partition coefficient (Wildman–Crippen LogP) is 4.22. The zero-order valence-electron chi connectivity index (χ0n) is 11.3. The van der Waals surface area contributed by atoms with E-state index < -0.39 is 0 Å². The van der Waals surface area contributed by atoms with Crippen molar-refractivity contribution in [2.75, 3.05) is 0 Å². The molecule has 0 N–H and O–H groups in total. The van der Waals surface area contributed by atoms with Gasteiger partial charge in [-0.25, -0.2) is 0 Å². The molecular weight excluding hydrogens is 268 g/mol. The zero-order valence-corrected chi connectivity index (χ0v) is 12.0. The maximum absolute atomic E-state index is 11.9. The fourth-order valence-electron chi connectivity index (χ4n) is 4.33. The summed E-state index contributed by atoms with van der Waals surface area (Å²) >= 11 is 5.89. The number of halogens is 1. The number of hydrogen-bond donors (Lipinski definition) is 0. The van der Waals surface area contributed by atoms with E-state index in [1.165, 1.54) is 22.3 Å². The smallest absolute Gasteiger partial charge is 0.225 e. The first kappa shape index (κ1) is 12.2. The Balaban J connectivity index is 2.05. The summed E-state index contributed by atoms with van der Waals surface area (Å²) in [4.78, 5) is 11.9. The quantitative estimate of drug-likeness (QED) is 0.754. The molecular formula is C18H15ClO. The van der Waals surface area contributed by atoms with E-state index in [-0.39, 0.29) is 16.6 Å². The van der Waals surface area contributed by atoms with Crippen LogP contribution >= 0.6 is 11.6 Å². The normalized spacial score (nSPS) is 27.0. The number of hydrogen-bond acceptors (Lipinski definition) is 1. The van der Waals surface area contributed by atoms with E-state index in [4.69, 9.17) is 11.6 Å². The molecule has 2 aliphatic rings. The van der Waals surface area contributed by atoms with Crippen molar-refractivity contribution < 1.29 is 4.79 Å². The summed E-state index contributed by atoms with van der Waals surface area (Å²) in [5, 5.41) is -0.239. The number of benzene rings is 2. The second kappa shape index (κ2) is 3.95. The van der Waals surface area contributed by atoms with E-state index in [2.05, 4.69) is 48.5 Å². The monoisotopic (exact) mass is 282 g/mol. The summed E-state index contributed by atoms with van der Waals surface area (Å²) in [6, 6.07) is 17.0. The standard InChI is InChI=1S/C18H15ClO/c1-11(17(19)20)18-10-14(12-6-2-4-8-15(12)18)13-7-3-5-9-16(13)18/h2-9,11,14H,10H2,1H3. The molecule has 0 amide bonds. The minimum Gasteiger partial charge on any atom is -0.281 e. The molecule has 0 aliphatic heterocycles. The lowest BCUT2D eigenvalue weighted by molar-refractivity contribution is -0.116. The van der Waals surface area contributed by atoms with Gasteiger partial charge in [-0.1, -0.05) is 55.5 Å². The van der Waals surface area contributed by atoms with Gasteiger partial charge < -0.3 is 0 Å². The van der Waals surface area contributed by atoms with Gasteiger partial charge in [-0.2, -0.15) is 0 Å². The molecule has 2 aromatic rings. The van der Waals surface area contributed by atoms with Crippen LogP contribution in [0.5, 0.6) is 0 Å². The Morgan fingerprint density at radius 3 is 2.10 bits per heavy atom. The van der Waals surface area contributed by atoms with Crippen LogP contribution in [0.4, 0.5) is 0 Å². The highest BCUT2D eigenvalue weighted by molar-refractivity contribution is 6.64. The summed E-state index contributed by atoms with van der Waals surface area (Å²) in [7, 11) is 0. The molecule has 2 aliphatic carbocycles. The molecule has 20 heavy (non-hydrogen) atoms. The summed E-state index contributed by atoms with van der Waals surface area (Å²) in [5.41, 5.74) is 5.11. The fraction of sp³-hybridized carbons (Fsp3) is 0.278. The number of carbonyl (C=O) groups is 1. The van der Waals surface area contributed by atoms with Gasteiger partial charge in [-0.15, -0.1) is 0 Å². The van der Waals surface area contributed by atoms with Crippen molar-refractivity contribution in [3.8, 4) is 0 Å². The Morgan fingerprint density at radius 2 is 1.60 bits per heavy atom. The second-order valence-electron chi connectivity index (χ2n) is 5.93. The minimum atomic E-state index is -0.239. The molecule has 0 radical (unpaired) electrons. The molecule has 0 fully saturated rings. The third-order valence-corrected chi connectivity index (χ3v) is 5.57. The molecule has 100 valence electrons. The Labute approximate surface area is 123 Å². The molecule has 0 aromatic heterocycles. The highest BCUT2D eigenvalue weighted by Gasteiger charge is 2.56. The highest BCUT2D eigenvalue weighted by atomic mass is 35.5. The summed E-state index contributed by atoms with van der Waals surface area (Å²) in [5.74, 6) is 0.222. The Bertz CT molecular complexity index is 671. The lowest BCUT2D eigenvalue weighted by Gasteiger charge is -2.35. The van der Waals surface area contributed by atoms with E-state index in [9.17, 15) is 4.79 Å². The van der Waals surface area contributed by atoms with Crippen LogP contribution in [0.3, 0.4) is 0 Å². The van der Waals surface area contributed by atoms with Crippen molar-refractivity contribution in [1.82, 2.24) is 0 Å². The van der Waals surface area contributed by atoms with E-state index in [1.54, 1.807) is 0 Å². The molecule has 4 rings (SSSR count). The van der Waals surface area contributed by atoms with Crippen LogP contribution in [0.1, 0.15) is 41.5 Å². The van der Waals surface area contributed by atoms with Gasteiger partial charge in [-0.05, 0) is 40.3 Å². The Hall–Kier alpha value is -1.60. The molecule has 0 saturated heterocycles. The lowest BCUT2D eigenvalue weighted by Crippen LogP contribution is -2.35. The maximum atomic E-state index is 11.9. The Kier molecular flexibility index (Phi) is 2.41. The van der Waals surface area contributed by atoms with Crippen molar-refractivity contribution in [3.05, 3.63) is 70.8 Å². The first-order valence-electron chi connectivity index (χ1n) is 7.04. The van der Waals surface area contributed by atoms with Crippen LogP contribution in [0.15, 0.2) is 48.5 Å². The number of rotatable bonds is 2. The van der Waals surface area contributed by atoms with Gasteiger partial charge in [0.15, 0.2) is 0 Å². The van der Waals surface area contributed by atoms with Gasteiger partial charge in [0.1, 0.15) is 0 Å². The van der Waals surface area contributed by atoms with Gasteiger partial charge in [0.25, 0.3) is 0 Å². The molecule has 1 atom stereocenters.